The zero-order chi connectivity index (χ0) is 37.7. The van der Waals surface area contributed by atoms with E-state index in [9.17, 15) is 9.90 Å². The second-order valence-corrected chi connectivity index (χ2v) is 21.2. The predicted octanol–water partition coefficient (Wildman–Crippen LogP) is 8.79. The van der Waals surface area contributed by atoms with Crippen molar-refractivity contribution in [3.05, 3.63) is 96.6 Å². The smallest absolute Gasteiger partial charge is 0.311 e. The summed E-state index contributed by atoms with van der Waals surface area (Å²) < 4.78 is 25.4. The monoisotopic (exact) mass is 718 g/mol. The maximum absolute atomic E-state index is 12.2. The summed E-state index contributed by atoms with van der Waals surface area (Å²) in [6.07, 6.45) is 2.00. The lowest BCUT2D eigenvalue weighted by Gasteiger charge is -2.44. The third-order valence-electron chi connectivity index (χ3n) is 10.0. The normalized spacial score (nSPS) is 16.1. The first-order chi connectivity index (χ1) is 24.0. The summed E-state index contributed by atoms with van der Waals surface area (Å²) in [5.74, 6) is 0.783. The van der Waals surface area contributed by atoms with Crippen LogP contribution in [-0.2, 0) is 30.0 Å². The molecule has 0 bridgehead atoms. The number of rotatable bonds is 20. The topological polar surface area (TPSA) is 74.2 Å². The van der Waals surface area contributed by atoms with Gasteiger partial charge in [0.15, 0.2) is 0 Å². The number of benzene rings is 3. The molecule has 3 aromatic carbocycles. The molecule has 0 aliphatic heterocycles. The highest BCUT2D eigenvalue weighted by atomic mass is 28.4. The number of aliphatic hydroxyl groups excluding tert-OH is 1. The summed E-state index contributed by atoms with van der Waals surface area (Å²) in [4.78, 5) is 12.2. The number of ether oxygens (including phenoxy) is 3. The lowest BCUT2D eigenvalue weighted by atomic mass is 9.83. The van der Waals surface area contributed by atoms with Crippen molar-refractivity contribution in [3.63, 3.8) is 0 Å². The van der Waals surface area contributed by atoms with Gasteiger partial charge in [0.05, 0.1) is 30.8 Å². The van der Waals surface area contributed by atoms with Crippen molar-refractivity contribution in [3.8, 4) is 0 Å². The molecule has 51 heavy (non-hydrogen) atoms. The van der Waals surface area contributed by atoms with Crippen molar-refractivity contribution in [1.82, 2.24) is 0 Å². The van der Waals surface area contributed by atoms with Crippen molar-refractivity contribution < 1.29 is 28.5 Å². The van der Waals surface area contributed by atoms with Crippen molar-refractivity contribution >= 4 is 24.7 Å². The van der Waals surface area contributed by atoms with Gasteiger partial charge in [-0.05, 0) is 84.7 Å². The largest absolute Gasteiger partial charge is 0.463 e. The van der Waals surface area contributed by atoms with E-state index in [1.807, 2.05) is 45.9 Å². The minimum absolute atomic E-state index is 0.0232. The molecule has 0 aromatic heterocycles. The van der Waals surface area contributed by atoms with Crippen LogP contribution in [-0.4, -0.2) is 51.6 Å². The molecule has 1 N–H and O–H groups in total. The van der Waals surface area contributed by atoms with Gasteiger partial charge in [0.2, 0.25) is 0 Å². The van der Waals surface area contributed by atoms with Gasteiger partial charge in [-0.1, -0.05) is 139 Å². The Hall–Kier alpha value is -2.81. The van der Waals surface area contributed by atoms with Crippen molar-refractivity contribution in [1.29, 1.82) is 0 Å². The highest BCUT2D eigenvalue weighted by molar-refractivity contribution is 6.99. The molecule has 0 radical (unpaired) electrons. The average Bonchev–Trinajstić information content (AvgIpc) is 3.08. The quantitative estimate of drug-likeness (QED) is 0.0545. The molecule has 3 aromatic rings. The van der Waals surface area contributed by atoms with Gasteiger partial charge in [-0.25, -0.2) is 0 Å². The van der Waals surface area contributed by atoms with Crippen LogP contribution in [0.4, 0.5) is 0 Å². The van der Waals surface area contributed by atoms with Gasteiger partial charge in [0.1, 0.15) is 13.4 Å². The number of hydrogen-bond acceptors (Lipinski definition) is 6. The number of carbonyl (C=O) groups excluding carboxylic acids is 1. The first-order valence-corrected chi connectivity index (χ1v) is 20.8. The fourth-order valence-electron chi connectivity index (χ4n) is 7.21. The van der Waals surface area contributed by atoms with Crippen molar-refractivity contribution in [2.75, 3.05) is 20.0 Å². The Balaban J connectivity index is 1.73. The Morgan fingerprint density at radius 2 is 1.18 bits per heavy atom. The SMILES string of the molecule is C[C@H](C[C@H](C)C[C@H](C)[C@@H](CO[Si](c1ccccc1)(c1ccccc1)C(C)(C)C)OCOCc1ccccc1)C[C@H](C)[C@@H](O)COC(=O)C(C)(C)C. The summed E-state index contributed by atoms with van der Waals surface area (Å²) in [7, 11) is -2.75. The summed E-state index contributed by atoms with van der Waals surface area (Å²) in [6, 6.07) is 31.7. The van der Waals surface area contributed by atoms with E-state index < -0.39 is 19.8 Å². The number of carbonyl (C=O) groups is 1. The van der Waals surface area contributed by atoms with Gasteiger partial charge in [0.25, 0.3) is 8.32 Å². The van der Waals surface area contributed by atoms with E-state index in [4.69, 9.17) is 18.6 Å². The van der Waals surface area contributed by atoms with Crippen LogP contribution in [0.1, 0.15) is 94.1 Å². The third-order valence-corrected chi connectivity index (χ3v) is 15.0. The Morgan fingerprint density at radius 3 is 1.67 bits per heavy atom. The number of hydrogen-bond donors (Lipinski definition) is 1. The third kappa shape index (κ3) is 13.0. The molecule has 0 saturated heterocycles. The van der Waals surface area contributed by atoms with E-state index in [-0.39, 0.29) is 42.3 Å². The molecule has 0 aliphatic carbocycles. The Kier molecular flexibility index (Phi) is 16.6. The maximum atomic E-state index is 12.2. The van der Waals surface area contributed by atoms with Gasteiger partial charge in [-0.2, -0.15) is 0 Å². The van der Waals surface area contributed by atoms with E-state index >= 15 is 0 Å². The maximum Gasteiger partial charge on any atom is 0.311 e. The van der Waals surface area contributed by atoms with Gasteiger partial charge in [0, 0.05) is 0 Å². The molecule has 6 atom stereocenters. The molecular formula is C44H66O6Si. The predicted molar refractivity (Wildman–Crippen MR) is 211 cm³/mol. The van der Waals surface area contributed by atoms with Crippen LogP contribution >= 0.6 is 0 Å². The number of esters is 1. The molecule has 282 valence electrons. The lowest BCUT2D eigenvalue weighted by molar-refractivity contribution is -0.157. The van der Waals surface area contributed by atoms with Crippen LogP contribution < -0.4 is 10.4 Å². The first-order valence-electron chi connectivity index (χ1n) is 18.9. The molecule has 0 amide bonds. The molecule has 6 nitrogen and oxygen atoms in total. The summed E-state index contributed by atoms with van der Waals surface area (Å²) in [6.45, 7) is 22.4. The highest BCUT2D eigenvalue weighted by Crippen LogP contribution is 2.37. The fourth-order valence-corrected chi connectivity index (χ4v) is 11.8. The van der Waals surface area contributed by atoms with E-state index in [1.54, 1.807) is 0 Å². The average molecular weight is 719 g/mol. The lowest BCUT2D eigenvalue weighted by Crippen LogP contribution is -2.67. The van der Waals surface area contributed by atoms with Crippen LogP contribution in [0.2, 0.25) is 5.04 Å². The minimum atomic E-state index is -2.75. The zero-order valence-corrected chi connectivity index (χ0v) is 34.1. The standard InChI is InChI=1S/C44H66O6Si/c1-33(27-35(3)40(45)30-48-42(46)43(5,6)7)26-34(2)28-36(4)41(49-32-47-29-37-20-14-11-15-21-37)31-50-51(44(8,9)10,38-22-16-12-17-23-38)39-24-18-13-19-25-39/h11-25,33-36,40-41,45H,26-32H2,1-10H3/t33-,34+,35+,36+,40+,41-/m1/s1. The molecule has 3 rings (SSSR count). The number of aliphatic hydroxyl groups is 1. The Bertz CT molecular complexity index is 1360. The first kappa shape index (κ1) is 42.6. The Morgan fingerprint density at radius 1 is 0.686 bits per heavy atom. The van der Waals surface area contributed by atoms with Crippen LogP contribution in [0.25, 0.3) is 0 Å². The van der Waals surface area contributed by atoms with Gasteiger partial charge in [-0.15, -0.1) is 0 Å². The summed E-state index contributed by atoms with van der Waals surface area (Å²) in [5.41, 5.74) is 0.534. The highest BCUT2D eigenvalue weighted by Gasteiger charge is 2.50. The molecule has 0 saturated carbocycles. The van der Waals surface area contributed by atoms with Crippen LogP contribution in [0.5, 0.6) is 0 Å². The zero-order valence-electron chi connectivity index (χ0n) is 33.1. The fraction of sp³-hybridized carbons (Fsp3) is 0.568. The van der Waals surface area contributed by atoms with Gasteiger partial charge >= 0.3 is 5.97 Å². The van der Waals surface area contributed by atoms with Crippen LogP contribution in [0.3, 0.4) is 0 Å². The van der Waals surface area contributed by atoms with E-state index in [1.165, 1.54) is 10.4 Å². The molecule has 0 spiro atoms. The molecule has 0 aliphatic rings. The summed E-state index contributed by atoms with van der Waals surface area (Å²) >= 11 is 0. The van der Waals surface area contributed by atoms with Crippen LogP contribution in [0, 0.1) is 29.1 Å². The molecule has 7 heteroatoms. The van der Waals surface area contributed by atoms with Gasteiger partial charge in [-0.3, -0.25) is 4.79 Å². The molecular weight excluding hydrogens is 653 g/mol. The van der Waals surface area contributed by atoms with Crippen molar-refractivity contribution in [2.24, 2.45) is 29.1 Å². The summed E-state index contributed by atoms with van der Waals surface area (Å²) in [5, 5.41) is 13.1. The molecule has 0 fully saturated rings. The van der Waals surface area contributed by atoms with E-state index in [0.29, 0.717) is 25.0 Å². The second kappa shape index (κ2) is 19.9. The van der Waals surface area contributed by atoms with Gasteiger partial charge < -0.3 is 23.7 Å². The molecule has 0 unspecified atom stereocenters. The second-order valence-electron chi connectivity index (χ2n) is 16.9. The minimum Gasteiger partial charge on any atom is -0.463 e. The van der Waals surface area contributed by atoms with E-state index in [2.05, 4.69) is 114 Å². The van der Waals surface area contributed by atoms with E-state index in [0.717, 1.165) is 24.8 Å². The Labute approximate surface area is 310 Å². The van der Waals surface area contributed by atoms with Crippen LogP contribution in [0.15, 0.2) is 91.0 Å². The molecule has 0 heterocycles. The van der Waals surface area contributed by atoms with Crippen molar-refractivity contribution in [2.45, 2.75) is 112 Å².